The van der Waals surface area contributed by atoms with Crippen LogP contribution in [0.2, 0.25) is 0 Å². The first kappa shape index (κ1) is 20.1. The predicted molar refractivity (Wildman–Crippen MR) is 109 cm³/mol. The summed E-state index contributed by atoms with van der Waals surface area (Å²) in [7, 11) is 5.57. The van der Waals surface area contributed by atoms with Gasteiger partial charge in [0.2, 0.25) is 0 Å². The Kier molecular flexibility index (Phi) is 5.86. The molecule has 3 rings (SSSR count). The summed E-state index contributed by atoms with van der Waals surface area (Å²) in [5.41, 5.74) is 1.44. The minimum absolute atomic E-state index is 0.142. The second kappa shape index (κ2) is 8.16. The van der Waals surface area contributed by atoms with E-state index >= 15 is 0 Å². The molecular weight excluding hydrogens is 376 g/mol. The van der Waals surface area contributed by atoms with Gasteiger partial charge in [0, 0.05) is 10.4 Å². The van der Waals surface area contributed by atoms with Gasteiger partial charge >= 0.3 is 0 Å². The Hall–Kier alpha value is -2.64. The molecule has 1 aliphatic rings. The van der Waals surface area contributed by atoms with Crippen molar-refractivity contribution in [2.75, 3.05) is 34.3 Å². The van der Waals surface area contributed by atoms with Gasteiger partial charge in [-0.1, -0.05) is 6.07 Å². The first-order chi connectivity index (χ1) is 13.3. The number of amides is 1. The highest BCUT2D eigenvalue weighted by molar-refractivity contribution is 7.10. The van der Waals surface area contributed by atoms with Crippen molar-refractivity contribution in [2.24, 2.45) is 0 Å². The van der Waals surface area contributed by atoms with Gasteiger partial charge in [-0.15, -0.1) is 11.3 Å². The topological polar surface area (TPSA) is 71.3 Å². The predicted octanol–water partition coefficient (Wildman–Crippen LogP) is 1.63. The van der Waals surface area contributed by atoms with E-state index in [-0.39, 0.29) is 11.3 Å². The van der Waals surface area contributed by atoms with E-state index < -0.39 is 17.7 Å². The van der Waals surface area contributed by atoms with Crippen LogP contribution >= 0.6 is 11.3 Å². The molecule has 0 saturated carbocycles. The van der Waals surface area contributed by atoms with Crippen LogP contribution in [0, 0.1) is 6.92 Å². The van der Waals surface area contributed by atoms with Crippen molar-refractivity contribution in [3.05, 3.63) is 57.3 Å². The number of nitrogens with zero attached hydrogens (tertiary/aromatic N) is 1. The lowest BCUT2D eigenvalue weighted by molar-refractivity contribution is -0.857. The zero-order valence-electron chi connectivity index (χ0n) is 16.5. The van der Waals surface area contributed by atoms with Crippen molar-refractivity contribution >= 4 is 28.8 Å². The van der Waals surface area contributed by atoms with Gasteiger partial charge in [0.15, 0.2) is 0 Å². The highest BCUT2D eigenvalue weighted by Crippen LogP contribution is 2.41. The zero-order valence-corrected chi connectivity index (χ0v) is 17.3. The maximum absolute atomic E-state index is 12.9. The largest absolute Gasteiger partial charge is 0.507 e. The Bertz CT molecular complexity index is 918. The number of benzene rings is 1. The van der Waals surface area contributed by atoms with Crippen molar-refractivity contribution in [2.45, 2.75) is 13.0 Å². The minimum Gasteiger partial charge on any atom is -0.507 e. The fourth-order valence-electron chi connectivity index (χ4n) is 3.37. The maximum Gasteiger partial charge on any atom is 0.295 e. The molecule has 0 radical (unpaired) electrons. The second-order valence-electron chi connectivity index (χ2n) is 7.15. The molecule has 1 unspecified atom stereocenters. The number of aryl methyl sites for hydroxylation is 1. The number of thiophene rings is 1. The Labute approximate surface area is 168 Å². The third-order valence-electron chi connectivity index (χ3n) is 4.89. The lowest BCUT2D eigenvalue weighted by Gasteiger charge is -2.24. The average Bonchev–Trinajstić information content (AvgIpc) is 3.27. The summed E-state index contributed by atoms with van der Waals surface area (Å²) in [6.07, 6.45) is 0. The second-order valence-corrected chi connectivity index (χ2v) is 8.13. The monoisotopic (exact) mass is 401 g/mol. The Morgan fingerprint density at radius 1 is 1.29 bits per heavy atom. The average molecular weight is 402 g/mol. The molecule has 1 aromatic heterocycles. The standard InChI is InChI=1S/C21H24N2O4S/c1-13-12-14(27-4)7-8-15(13)19(24)17-18(16-6-5-11-28-16)23(10-9-22(2)3)21(26)20(17)25/h5-8,11-12,18,24H,9-10H2,1-4H3/p+1. The van der Waals surface area contributed by atoms with Crippen molar-refractivity contribution in [3.63, 3.8) is 0 Å². The van der Waals surface area contributed by atoms with E-state index in [0.29, 0.717) is 24.4 Å². The van der Waals surface area contributed by atoms with Crippen LogP contribution in [0.1, 0.15) is 22.0 Å². The quantitative estimate of drug-likeness (QED) is 0.439. The number of carbonyl (C=O) groups is 2. The fourth-order valence-corrected chi connectivity index (χ4v) is 4.22. The molecular formula is C21H25N2O4S+. The Balaban J connectivity index is 2.12. The summed E-state index contributed by atoms with van der Waals surface area (Å²) in [5, 5.41) is 13.0. The molecule has 1 aromatic carbocycles. The first-order valence-corrected chi connectivity index (χ1v) is 9.99. The third-order valence-corrected chi connectivity index (χ3v) is 5.82. The number of carbonyl (C=O) groups excluding carboxylic acids is 2. The van der Waals surface area contributed by atoms with E-state index in [1.165, 1.54) is 16.2 Å². The van der Waals surface area contributed by atoms with Gasteiger partial charge in [0.25, 0.3) is 11.7 Å². The number of nitrogens with one attached hydrogen (secondary N) is 1. The van der Waals surface area contributed by atoms with Crippen molar-refractivity contribution in [3.8, 4) is 5.75 Å². The van der Waals surface area contributed by atoms with E-state index in [0.717, 1.165) is 10.4 Å². The van der Waals surface area contributed by atoms with Crippen LogP contribution in [0.3, 0.4) is 0 Å². The molecule has 1 atom stereocenters. The number of hydrogen-bond donors (Lipinski definition) is 2. The maximum atomic E-state index is 12.9. The molecule has 2 aromatic rings. The van der Waals surface area contributed by atoms with Crippen molar-refractivity contribution in [1.29, 1.82) is 0 Å². The SMILES string of the molecule is COc1ccc(C(O)=C2C(=O)C(=O)N(CC[NH+](C)C)C2c2cccs2)c(C)c1. The third kappa shape index (κ3) is 3.68. The number of aliphatic hydroxyl groups is 1. The Morgan fingerprint density at radius 2 is 2.04 bits per heavy atom. The number of Topliss-reactive ketones (excluding diaryl/α,β-unsaturated/α-hetero) is 1. The smallest absolute Gasteiger partial charge is 0.295 e. The lowest BCUT2D eigenvalue weighted by atomic mass is 9.97. The van der Waals surface area contributed by atoms with E-state index in [2.05, 4.69) is 0 Å². The molecule has 0 aliphatic carbocycles. The van der Waals surface area contributed by atoms with E-state index in [9.17, 15) is 14.7 Å². The zero-order chi connectivity index (χ0) is 20.4. The summed E-state index contributed by atoms with van der Waals surface area (Å²) in [4.78, 5) is 29.3. The number of hydrogen-bond acceptors (Lipinski definition) is 5. The highest BCUT2D eigenvalue weighted by atomic mass is 32.1. The summed E-state index contributed by atoms with van der Waals surface area (Å²) < 4.78 is 5.22. The normalized spacial score (nSPS) is 18.9. The number of likely N-dealkylation sites (tertiary alicyclic amines) is 1. The van der Waals surface area contributed by atoms with Gasteiger partial charge in [0.05, 0.1) is 45.9 Å². The minimum atomic E-state index is -0.639. The lowest BCUT2D eigenvalue weighted by Crippen LogP contribution is -3.06. The van der Waals surface area contributed by atoms with E-state index in [1.807, 2.05) is 38.5 Å². The van der Waals surface area contributed by atoms with Crippen LogP contribution in [0.5, 0.6) is 5.75 Å². The molecule has 2 N–H and O–H groups in total. The molecule has 1 fully saturated rings. The molecule has 148 valence electrons. The summed E-state index contributed by atoms with van der Waals surface area (Å²) in [6.45, 7) is 2.98. The van der Waals surface area contributed by atoms with Gasteiger partial charge in [0.1, 0.15) is 11.5 Å². The van der Waals surface area contributed by atoms with Crippen LogP contribution in [0.15, 0.2) is 41.3 Å². The van der Waals surface area contributed by atoms with Gasteiger partial charge in [-0.2, -0.15) is 0 Å². The van der Waals surface area contributed by atoms with Crippen LogP contribution in [0.4, 0.5) is 0 Å². The van der Waals surface area contributed by atoms with Crippen LogP contribution in [0.25, 0.3) is 5.76 Å². The summed E-state index contributed by atoms with van der Waals surface area (Å²) >= 11 is 1.47. The van der Waals surface area contributed by atoms with Gasteiger partial charge < -0.3 is 19.6 Å². The van der Waals surface area contributed by atoms with Crippen LogP contribution in [-0.4, -0.2) is 56.0 Å². The molecule has 7 heteroatoms. The number of ether oxygens (including phenoxy) is 1. The molecule has 28 heavy (non-hydrogen) atoms. The fraction of sp³-hybridized carbons (Fsp3) is 0.333. The highest BCUT2D eigenvalue weighted by Gasteiger charge is 2.46. The molecule has 2 heterocycles. The Morgan fingerprint density at radius 3 is 2.61 bits per heavy atom. The number of aliphatic hydroxyl groups excluding tert-OH is 1. The molecule has 0 spiro atoms. The number of likely N-dealkylation sites (N-methyl/N-ethyl adjacent to an activating group) is 1. The number of rotatable bonds is 6. The van der Waals surface area contributed by atoms with Crippen LogP contribution < -0.4 is 9.64 Å². The van der Waals surface area contributed by atoms with Gasteiger partial charge in [-0.05, 0) is 42.1 Å². The first-order valence-electron chi connectivity index (χ1n) is 9.11. The van der Waals surface area contributed by atoms with Gasteiger partial charge in [-0.3, -0.25) is 9.59 Å². The van der Waals surface area contributed by atoms with E-state index in [1.54, 1.807) is 30.2 Å². The molecule has 1 aliphatic heterocycles. The van der Waals surface area contributed by atoms with Crippen molar-refractivity contribution in [1.82, 2.24) is 4.90 Å². The van der Waals surface area contributed by atoms with E-state index in [4.69, 9.17) is 4.74 Å². The number of methoxy groups -OCH3 is 1. The number of ketones is 1. The molecule has 1 saturated heterocycles. The molecule has 6 nitrogen and oxygen atoms in total. The number of quaternary nitrogens is 1. The van der Waals surface area contributed by atoms with Crippen molar-refractivity contribution < 1.29 is 24.3 Å². The summed E-state index contributed by atoms with van der Waals surface area (Å²) in [5.74, 6) is -0.679. The molecule has 0 bridgehead atoms. The van der Waals surface area contributed by atoms with Gasteiger partial charge in [-0.25, -0.2) is 0 Å². The molecule has 1 amide bonds. The van der Waals surface area contributed by atoms with Crippen LogP contribution in [-0.2, 0) is 9.59 Å². The summed E-state index contributed by atoms with van der Waals surface area (Å²) in [6, 6.07) is 8.45.